The normalized spacial score (nSPS) is 12.7. The molecule has 0 bridgehead atoms. The van der Waals surface area contributed by atoms with Crippen LogP contribution in [0.15, 0.2) is 24.3 Å². The maximum Gasteiger partial charge on any atom is 0.414 e. The van der Waals surface area contributed by atoms with Gasteiger partial charge >= 0.3 is 12.2 Å². The summed E-state index contributed by atoms with van der Waals surface area (Å²) in [5.74, 6) is -0.670. The molecule has 3 amide bonds. The molecule has 0 aliphatic heterocycles. The third kappa shape index (κ3) is 9.05. The first-order chi connectivity index (χ1) is 12.3. The van der Waals surface area contributed by atoms with Crippen LogP contribution in [0.1, 0.15) is 47.1 Å². The molecule has 27 heavy (non-hydrogen) atoms. The molecule has 0 saturated heterocycles. The van der Waals surface area contributed by atoms with E-state index in [1.165, 1.54) is 0 Å². The van der Waals surface area contributed by atoms with Gasteiger partial charge < -0.3 is 15.2 Å². The Bertz CT molecular complexity index is 689. The van der Waals surface area contributed by atoms with Crippen molar-refractivity contribution in [2.24, 2.45) is 5.73 Å². The van der Waals surface area contributed by atoms with Gasteiger partial charge in [-0.25, -0.2) is 9.59 Å². The molecule has 1 rings (SSSR count). The summed E-state index contributed by atoms with van der Waals surface area (Å²) in [7, 11) is 0. The molecule has 0 heterocycles. The second-order valence-electron chi connectivity index (χ2n) is 8.09. The molecule has 0 unspecified atom stereocenters. The highest BCUT2D eigenvalue weighted by atomic mass is 16.6. The zero-order valence-electron chi connectivity index (χ0n) is 16.7. The first-order valence-electron chi connectivity index (χ1n) is 8.64. The lowest BCUT2D eigenvalue weighted by atomic mass is 10.0. The highest BCUT2D eigenvalue weighted by molar-refractivity contribution is 5.95. The molecule has 1 atom stereocenters. The van der Waals surface area contributed by atoms with Crippen LogP contribution in [0.4, 0.5) is 15.3 Å². The van der Waals surface area contributed by atoms with Gasteiger partial charge in [-0.1, -0.05) is 18.2 Å². The van der Waals surface area contributed by atoms with E-state index in [2.05, 4.69) is 10.6 Å². The number of nitrogens with two attached hydrogens (primary N) is 1. The van der Waals surface area contributed by atoms with Crippen LogP contribution >= 0.6 is 0 Å². The number of hydrogen-bond acceptors (Lipinski definition) is 6. The summed E-state index contributed by atoms with van der Waals surface area (Å²) in [6.07, 6.45) is -1.36. The predicted molar refractivity (Wildman–Crippen MR) is 102 cm³/mol. The molecule has 0 aliphatic rings. The fourth-order valence-electron chi connectivity index (χ4n) is 2.06. The lowest BCUT2D eigenvalue weighted by Crippen LogP contribution is -2.46. The van der Waals surface area contributed by atoms with Gasteiger partial charge in [0.25, 0.3) is 0 Å². The Morgan fingerprint density at radius 2 is 1.48 bits per heavy atom. The SMILES string of the molecule is CC(C)(C)OC(=O)NC(=O)[C@@H](N)Cc1ccccc1NC(=O)OC(C)(C)C. The number of hydrogen-bond donors (Lipinski definition) is 3. The Labute approximate surface area is 159 Å². The number of para-hydroxylation sites is 1. The largest absolute Gasteiger partial charge is 0.444 e. The summed E-state index contributed by atoms with van der Waals surface area (Å²) in [5, 5.41) is 4.75. The van der Waals surface area contributed by atoms with E-state index in [1.807, 2.05) is 0 Å². The molecule has 0 spiro atoms. The Balaban J connectivity index is 2.74. The minimum absolute atomic E-state index is 0.112. The van der Waals surface area contributed by atoms with Crippen LogP contribution in [0.3, 0.4) is 0 Å². The highest BCUT2D eigenvalue weighted by Crippen LogP contribution is 2.18. The first kappa shape index (κ1) is 22.4. The van der Waals surface area contributed by atoms with Crippen LogP contribution < -0.4 is 16.4 Å². The van der Waals surface area contributed by atoms with Crippen LogP contribution in [0.25, 0.3) is 0 Å². The van der Waals surface area contributed by atoms with Crippen molar-refractivity contribution < 1.29 is 23.9 Å². The summed E-state index contributed by atoms with van der Waals surface area (Å²) in [6.45, 7) is 10.3. The summed E-state index contributed by atoms with van der Waals surface area (Å²) in [5.41, 5.74) is 5.65. The van der Waals surface area contributed by atoms with E-state index in [-0.39, 0.29) is 6.42 Å². The van der Waals surface area contributed by atoms with Crippen molar-refractivity contribution in [2.45, 2.75) is 65.2 Å². The van der Waals surface area contributed by atoms with Crippen molar-refractivity contribution in [1.29, 1.82) is 0 Å². The number of carbonyl (C=O) groups is 3. The molecule has 0 fully saturated rings. The molecular weight excluding hydrogens is 350 g/mol. The number of nitrogens with one attached hydrogen (secondary N) is 2. The van der Waals surface area contributed by atoms with E-state index < -0.39 is 35.3 Å². The average molecular weight is 379 g/mol. The second kappa shape index (κ2) is 8.85. The van der Waals surface area contributed by atoms with Crippen molar-refractivity contribution in [3.8, 4) is 0 Å². The highest BCUT2D eigenvalue weighted by Gasteiger charge is 2.23. The van der Waals surface area contributed by atoms with Gasteiger partial charge in [0.05, 0.1) is 6.04 Å². The van der Waals surface area contributed by atoms with E-state index in [4.69, 9.17) is 15.2 Å². The molecule has 8 nitrogen and oxygen atoms in total. The molecule has 0 aromatic heterocycles. The van der Waals surface area contributed by atoms with Crippen LogP contribution in [0.2, 0.25) is 0 Å². The molecule has 150 valence electrons. The van der Waals surface area contributed by atoms with Gasteiger partial charge in [0.2, 0.25) is 5.91 Å². The molecule has 1 aromatic carbocycles. The van der Waals surface area contributed by atoms with E-state index >= 15 is 0 Å². The van der Waals surface area contributed by atoms with Gasteiger partial charge in [-0.3, -0.25) is 15.4 Å². The van der Waals surface area contributed by atoms with Gasteiger partial charge in [0.1, 0.15) is 11.2 Å². The smallest absolute Gasteiger partial charge is 0.414 e. The topological polar surface area (TPSA) is 120 Å². The van der Waals surface area contributed by atoms with E-state index in [1.54, 1.807) is 65.8 Å². The van der Waals surface area contributed by atoms with Crippen molar-refractivity contribution in [2.75, 3.05) is 5.32 Å². The zero-order chi connectivity index (χ0) is 20.8. The summed E-state index contributed by atoms with van der Waals surface area (Å²) in [4.78, 5) is 35.8. The fourth-order valence-corrected chi connectivity index (χ4v) is 2.06. The summed E-state index contributed by atoms with van der Waals surface area (Å²) >= 11 is 0. The number of alkyl carbamates (subject to hydrolysis) is 1. The Morgan fingerprint density at radius 3 is 2.04 bits per heavy atom. The molecular formula is C19H29N3O5. The minimum Gasteiger partial charge on any atom is -0.444 e. The average Bonchev–Trinajstić information content (AvgIpc) is 2.45. The van der Waals surface area contributed by atoms with E-state index in [0.717, 1.165) is 0 Å². The Kier molecular flexibility index (Phi) is 7.36. The molecule has 1 aromatic rings. The van der Waals surface area contributed by atoms with Crippen molar-refractivity contribution in [3.05, 3.63) is 29.8 Å². The summed E-state index contributed by atoms with van der Waals surface area (Å²) < 4.78 is 10.3. The molecule has 4 N–H and O–H groups in total. The zero-order valence-corrected chi connectivity index (χ0v) is 16.7. The predicted octanol–water partition coefficient (Wildman–Crippen LogP) is 2.95. The molecule has 8 heteroatoms. The van der Waals surface area contributed by atoms with Crippen molar-refractivity contribution in [3.63, 3.8) is 0 Å². The van der Waals surface area contributed by atoms with Gasteiger partial charge in [0.15, 0.2) is 0 Å². The Morgan fingerprint density at radius 1 is 0.963 bits per heavy atom. The second-order valence-corrected chi connectivity index (χ2v) is 8.09. The number of ether oxygens (including phenoxy) is 2. The minimum atomic E-state index is -1.00. The third-order valence-corrected chi connectivity index (χ3v) is 3.05. The van der Waals surface area contributed by atoms with Gasteiger partial charge in [-0.05, 0) is 59.6 Å². The lowest BCUT2D eigenvalue weighted by Gasteiger charge is -2.21. The van der Waals surface area contributed by atoms with Crippen molar-refractivity contribution >= 4 is 23.8 Å². The van der Waals surface area contributed by atoms with Gasteiger partial charge in [-0.15, -0.1) is 0 Å². The fraction of sp³-hybridized carbons (Fsp3) is 0.526. The maximum atomic E-state index is 12.1. The van der Waals surface area contributed by atoms with Crippen LogP contribution in [0, 0.1) is 0 Å². The number of benzene rings is 1. The van der Waals surface area contributed by atoms with E-state index in [9.17, 15) is 14.4 Å². The number of anilines is 1. The number of amides is 3. The lowest BCUT2D eigenvalue weighted by molar-refractivity contribution is -0.121. The molecule has 0 radical (unpaired) electrons. The monoisotopic (exact) mass is 379 g/mol. The number of carbonyl (C=O) groups excluding carboxylic acids is 3. The third-order valence-electron chi connectivity index (χ3n) is 3.05. The molecule has 0 aliphatic carbocycles. The molecule has 0 saturated carbocycles. The summed E-state index contributed by atoms with van der Waals surface area (Å²) in [6, 6.07) is 5.90. The van der Waals surface area contributed by atoms with Crippen molar-refractivity contribution in [1.82, 2.24) is 5.32 Å². The van der Waals surface area contributed by atoms with Gasteiger partial charge in [0, 0.05) is 5.69 Å². The van der Waals surface area contributed by atoms with Crippen LogP contribution in [-0.4, -0.2) is 35.3 Å². The number of rotatable bonds is 4. The van der Waals surface area contributed by atoms with E-state index in [0.29, 0.717) is 11.3 Å². The number of imide groups is 1. The van der Waals surface area contributed by atoms with Crippen LogP contribution in [0.5, 0.6) is 0 Å². The maximum absolute atomic E-state index is 12.1. The quantitative estimate of drug-likeness (QED) is 0.740. The van der Waals surface area contributed by atoms with Gasteiger partial charge in [-0.2, -0.15) is 0 Å². The standard InChI is InChI=1S/C19H29N3O5/c1-18(2,3)26-16(24)21-14-10-8-7-9-12(14)11-13(20)15(23)22-17(25)27-19(4,5)6/h7-10,13H,11,20H2,1-6H3,(H,21,24)(H,22,23,25)/t13-/m0/s1. The first-order valence-corrected chi connectivity index (χ1v) is 8.64. The van der Waals surface area contributed by atoms with Crippen LogP contribution in [-0.2, 0) is 20.7 Å². The Hall–Kier alpha value is -2.61.